The number of aromatic amines is 1. The summed E-state index contributed by atoms with van der Waals surface area (Å²) < 4.78 is 33.8. The second kappa shape index (κ2) is 5.55. The molecule has 0 aliphatic rings. The van der Waals surface area contributed by atoms with Gasteiger partial charge in [-0.1, -0.05) is 18.2 Å². The number of aromatic nitrogens is 2. The zero-order chi connectivity index (χ0) is 14.9. The van der Waals surface area contributed by atoms with Gasteiger partial charge in [0.1, 0.15) is 0 Å². The average molecular weight is 315 g/mol. The molecular weight excluding hydrogens is 300 g/mol. The first-order valence-electron chi connectivity index (χ1n) is 6.10. The van der Waals surface area contributed by atoms with Gasteiger partial charge >= 0.3 is 0 Å². The Morgan fingerprint density at radius 1 is 1.50 bits per heavy atom. The van der Waals surface area contributed by atoms with Gasteiger partial charge in [-0.25, -0.2) is 18.0 Å². The van der Waals surface area contributed by atoms with Crippen molar-refractivity contribution in [1.82, 2.24) is 4.98 Å². The van der Waals surface area contributed by atoms with E-state index in [0.29, 0.717) is 11.4 Å². The predicted octanol–water partition coefficient (Wildman–Crippen LogP) is 2.00. The van der Waals surface area contributed by atoms with E-state index in [9.17, 15) is 13.0 Å². The quantitative estimate of drug-likeness (QED) is 0.677. The molecule has 108 valence electrons. The molecule has 0 fully saturated rings. The number of halogens is 1. The monoisotopic (exact) mass is 314 g/mol. The summed E-state index contributed by atoms with van der Waals surface area (Å²) in [7, 11) is -4.18. The van der Waals surface area contributed by atoms with Crippen LogP contribution in [-0.2, 0) is 16.5 Å². The fourth-order valence-electron chi connectivity index (χ4n) is 2.28. The van der Waals surface area contributed by atoms with Crippen molar-refractivity contribution in [3.63, 3.8) is 0 Å². The van der Waals surface area contributed by atoms with E-state index in [1.54, 1.807) is 12.3 Å². The lowest BCUT2D eigenvalue weighted by atomic mass is 10.1. The van der Waals surface area contributed by atoms with E-state index < -0.39 is 10.1 Å². The van der Waals surface area contributed by atoms with E-state index in [-0.39, 0.29) is 12.2 Å². The summed E-state index contributed by atoms with van der Waals surface area (Å²) in [5.74, 6) is 0.525. The first-order chi connectivity index (χ1) is 9.31. The van der Waals surface area contributed by atoms with Crippen LogP contribution in [0.25, 0.3) is 17.2 Å². The van der Waals surface area contributed by atoms with Crippen LogP contribution in [0.2, 0.25) is 5.02 Å². The molecule has 0 spiro atoms. The molecule has 1 N–H and O–H groups in total. The first-order valence-corrected chi connectivity index (χ1v) is 8.05. The minimum Gasteiger partial charge on any atom is -0.748 e. The molecule has 0 aliphatic carbocycles. The number of rotatable bonds is 5. The Morgan fingerprint density at radius 3 is 2.80 bits per heavy atom. The molecule has 1 aromatic heterocycles. The normalized spacial score (nSPS) is 11.9. The molecule has 1 heterocycles. The number of hydrogen-bond donors (Lipinski definition) is 1. The van der Waals surface area contributed by atoms with Gasteiger partial charge in [0.05, 0.1) is 16.3 Å². The van der Waals surface area contributed by atoms with Crippen molar-refractivity contribution < 1.29 is 17.5 Å². The van der Waals surface area contributed by atoms with Crippen molar-refractivity contribution in [3.05, 3.63) is 35.1 Å². The SMILES string of the molecule is C=C[n+]1c(C)[nH]c2c(CCCS(=O)(=O)[O-])cc(Cl)cc21. The highest BCUT2D eigenvalue weighted by atomic mass is 35.5. The molecule has 0 atom stereocenters. The van der Waals surface area contributed by atoms with Crippen molar-refractivity contribution in [3.8, 4) is 0 Å². The minimum absolute atomic E-state index is 0.271. The van der Waals surface area contributed by atoms with Gasteiger partial charge in [0.2, 0.25) is 0 Å². The van der Waals surface area contributed by atoms with Crippen LogP contribution in [0.5, 0.6) is 0 Å². The summed E-state index contributed by atoms with van der Waals surface area (Å²) in [5.41, 5.74) is 2.65. The van der Waals surface area contributed by atoms with Crippen molar-refractivity contribution in [2.45, 2.75) is 19.8 Å². The number of aryl methyl sites for hydroxylation is 2. The summed E-state index contributed by atoms with van der Waals surface area (Å²) in [5, 5.41) is 0.562. The smallest absolute Gasteiger partial charge is 0.256 e. The average Bonchev–Trinajstić information content (AvgIpc) is 2.63. The lowest BCUT2D eigenvalue weighted by molar-refractivity contribution is -0.546. The molecule has 0 aliphatic heterocycles. The molecule has 5 nitrogen and oxygen atoms in total. The first kappa shape index (κ1) is 15.0. The zero-order valence-corrected chi connectivity index (χ0v) is 12.6. The van der Waals surface area contributed by atoms with Gasteiger partial charge in [-0.05, 0) is 18.9 Å². The maximum atomic E-state index is 10.6. The summed E-state index contributed by atoms with van der Waals surface area (Å²) in [6.07, 6.45) is 2.42. The maximum Gasteiger partial charge on any atom is 0.256 e. The third-order valence-corrected chi connectivity index (χ3v) is 4.12. The predicted molar refractivity (Wildman–Crippen MR) is 77.5 cm³/mol. The molecule has 0 saturated heterocycles. The Morgan fingerprint density at radius 2 is 2.20 bits per heavy atom. The van der Waals surface area contributed by atoms with Gasteiger partial charge in [-0.2, -0.15) is 0 Å². The molecule has 2 aromatic rings. The second-order valence-electron chi connectivity index (χ2n) is 4.59. The van der Waals surface area contributed by atoms with Crippen molar-refractivity contribution >= 4 is 39.0 Å². The number of H-pyrrole nitrogens is 1. The van der Waals surface area contributed by atoms with Crippen LogP contribution in [0.15, 0.2) is 18.7 Å². The van der Waals surface area contributed by atoms with Crippen LogP contribution in [0.4, 0.5) is 0 Å². The fraction of sp³-hybridized carbons (Fsp3) is 0.308. The van der Waals surface area contributed by atoms with Gasteiger partial charge in [-0.15, -0.1) is 0 Å². The van der Waals surface area contributed by atoms with Gasteiger partial charge in [0, 0.05) is 29.3 Å². The Hall–Kier alpha value is -1.37. The maximum absolute atomic E-state index is 10.6. The topological polar surface area (TPSA) is 76.9 Å². The van der Waals surface area contributed by atoms with E-state index in [1.807, 2.05) is 17.6 Å². The van der Waals surface area contributed by atoms with E-state index >= 15 is 0 Å². The van der Waals surface area contributed by atoms with Crippen LogP contribution < -0.4 is 4.57 Å². The summed E-state index contributed by atoms with van der Waals surface area (Å²) in [6, 6.07) is 3.60. The Labute approximate surface area is 122 Å². The van der Waals surface area contributed by atoms with Gasteiger partial charge in [0.25, 0.3) is 5.82 Å². The molecule has 2 rings (SSSR count). The molecular formula is C13H15ClN2O3S. The lowest BCUT2D eigenvalue weighted by Crippen LogP contribution is -2.27. The molecule has 0 saturated carbocycles. The van der Waals surface area contributed by atoms with Crippen LogP contribution in [0.3, 0.4) is 0 Å². The molecule has 7 heteroatoms. The van der Waals surface area contributed by atoms with Crippen LogP contribution in [0, 0.1) is 6.92 Å². The van der Waals surface area contributed by atoms with E-state index in [1.165, 1.54) is 0 Å². The van der Waals surface area contributed by atoms with Crippen LogP contribution >= 0.6 is 11.6 Å². The fourth-order valence-corrected chi connectivity index (χ4v) is 3.01. The Kier molecular flexibility index (Phi) is 4.17. The third kappa shape index (κ3) is 3.20. The minimum atomic E-state index is -4.18. The summed E-state index contributed by atoms with van der Waals surface area (Å²) >= 11 is 6.09. The highest BCUT2D eigenvalue weighted by molar-refractivity contribution is 7.85. The van der Waals surface area contributed by atoms with E-state index in [4.69, 9.17) is 11.6 Å². The van der Waals surface area contributed by atoms with E-state index in [2.05, 4.69) is 11.6 Å². The summed E-state index contributed by atoms with van der Waals surface area (Å²) in [4.78, 5) is 3.23. The number of imidazole rings is 1. The zero-order valence-electron chi connectivity index (χ0n) is 11.0. The highest BCUT2D eigenvalue weighted by Crippen LogP contribution is 2.23. The molecule has 20 heavy (non-hydrogen) atoms. The number of benzene rings is 1. The van der Waals surface area contributed by atoms with Gasteiger partial charge in [0.15, 0.2) is 11.0 Å². The third-order valence-electron chi connectivity index (χ3n) is 3.11. The molecule has 0 unspecified atom stereocenters. The molecule has 0 amide bonds. The second-order valence-corrected chi connectivity index (χ2v) is 6.55. The van der Waals surface area contributed by atoms with Gasteiger partial charge < -0.3 is 4.55 Å². The van der Waals surface area contributed by atoms with Crippen molar-refractivity contribution in [2.75, 3.05) is 5.75 Å². The van der Waals surface area contributed by atoms with E-state index in [0.717, 1.165) is 22.4 Å². The number of nitrogens with one attached hydrogen (secondary N) is 1. The highest BCUT2D eigenvalue weighted by Gasteiger charge is 2.17. The summed E-state index contributed by atoms with van der Waals surface area (Å²) in [6.45, 7) is 5.65. The molecule has 0 bridgehead atoms. The van der Waals surface area contributed by atoms with Crippen molar-refractivity contribution in [1.29, 1.82) is 0 Å². The van der Waals surface area contributed by atoms with Crippen LogP contribution in [-0.4, -0.2) is 23.7 Å². The van der Waals surface area contributed by atoms with Crippen molar-refractivity contribution in [2.24, 2.45) is 0 Å². The number of hydrogen-bond acceptors (Lipinski definition) is 3. The molecule has 0 radical (unpaired) electrons. The number of fused-ring (bicyclic) bond motifs is 1. The van der Waals surface area contributed by atoms with Gasteiger partial charge in [-0.3, -0.25) is 0 Å². The Bertz CT molecular complexity index is 766. The van der Waals surface area contributed by atoms with Crippen LogP contribution in [0.1, 0.15) is 17.8 Å². The molecule has 1 aromatic carbocycles. The Balaban J connectivity index is 2.40. The largest absolute Gasteiger partial charge is 0.748 e. The lowest BCUT2D eigenvalue weighted by Gasteiger charge is -2.06. The standard InChI is InChI=1S/C13H15ClN2O3S/c1-3-16-9(2)15-13-10(5-4-6-20(17,18)19)7-11(14)8-12(13)16/h3,7-8H,1,4-6H2,2H3,(H,17,18,19). The number of nitrogens with zero attached hydrogens (tertiary/aromatic N) is 1.